The second-order valence-electron chi connectivity index (χ2n) is 7.94. The van der Waals surface area contributed by atoms with Crippen molar-refractivity contribution in [2.75, 3.05) is 23.4 Å². The molecule has 3 aliphatic heterocycles. The van der Waals surface area contributed by atoms with Gasteiger partial charge in [0.15, 0.2) is 0 Å². The number of hydrogen-bond donors (Lipinski definition) is 4. The highest BCUT2D eigenvalue weighted by atomic mass is 32.2. The van der Waals surface area contributed by atoms with E-state index < -0.39 is 17.8 Å². The standard InChI is InChI=1S/C20H26N4O4S/c1-12(18(27)21-15-10-29-11-16(15)25)24-9-8-20(7-6-17(24)26)22-14-5-3-2-4-13(14)19(28)23-20/h2-5,12,15-16,22,25H,6-11H2,1H3,(H,21,27)(H,23,28)/t12-,15-,16+,20+/m1/s1. The summed E-state index contributed by atoms with van der Waals surface area (Å²) in [5.41, 5.74) is 0.645. The number of anilines is 1. The number of carbonyl (C=O) groups excluding carboxylic acids is 3. The van der Waals surface area contributed by atoms with Crippen molar-refractivity contribution < 1.29 is 19.5 Å². The van der Waals surface area contributed by atoms with Gasteiger partial charge in [-0.05, 0) is 25.5 Å². The van der Waals surface area contributed by atoms with Crippen molar-refractivity contribution in [2.24, 2.45) is 0 Å². The summed E-state index contributed by atoms with van der Waals surface area (Å²) in [5.74, 6) is 0.759. The third-order valence-corrected chi connectivity index (χ3v) is 7.16. The van der Waals surface area contributed by atoms with E-state index in [9.17, 15) is 19.5 Å². The number of hydrogen-bond acceptors (Lipinski definition) is 6. The van der Waals surface area contributed by atoms with Gasteiger partial charge in [0.05, 0.1) is 17.7 Å². The Hall–Kier alpha value is -2.26. The molecule has 0 saturated carbocycles. The molecule has 2 fully saturated rings. The Bertz CT molecular complexity index is 834. The molecule has 3 aliphatic rings. The Morgan fingerprint density at radius 1 is 1.28 bits per heavy atom. The molecule has 8 nitrogen and oxygen atoms in total. The van der Waals surface area contributed by atoms with Gasteiger partial charge in [-0.3, -0.25) is 14.4 Å². The average Bonchev–Trinajstić information content (AvgIpc) is 3.03. The molecule has 1 aromatic rings. The number of aliphatic hydroxyl groups excluding tert-OH is 1. The fourth-order valence-corrected chi connectivity index (χ4v) is 5.34. The van der Waals surface area contributed by atoms with Crippen molar-refractivity contribution in [3.63, 3.8) is 0 Å². The summed E-state index contributed by atoms with van der Waals surface area (Å²) in [6.45, 7) is 2.06. The van der Waals surface area contributed by atoms with Crippen molar-refractivity contribution in [1.29, 1.82) is 0 Å². The van der Waals surface area contributed by atoms with Crippen molar-refractivity contribution in [1.82, 2.24) is 15.5 Å². The summed E-state index contributed by atoms with van der Waals surface area (Å²) in [6.07, 6.45) is 0.628. The minimum Gasteiger partial charge on any atom is -0.390 e. The fourth-order valence-electron chi connectivity index (χ4n) is 4.17. The quantitative estimate of drug-likeness (QED) is 0.570. The van der Waals surface area contributed by atoms with Crippen LogP contribution in [-0.4, -0.2) is 69.6 Å². The zero-order valence-electron chi connectivity index (χ0n) is 16.3. The van der Waals surface area contributed by atoms with E-state index in [1.54, 1.807) is 29.7 Å². The topological polar surface area (TPSA) is 111 Å². The first-order valence-electron chi connectivity index (χ1n) is 9.94. The molecule has 0 bridgehead atoms. The van der Waals surface area contributed by atoms with Crippen LogP contribution < -0.4 is 16.0 Å². The zero-order chi connectivity index (χ0) is 20.6. The summed E-state index contributed by atoms with van der Waals surface area (Å²) in [4.78, 5) is 39.6. The second-order valence-corrected chi connectivity index (χ2v) is 9.01. The number of aliphatic hydroxyl groups is 1. The van der Waals surface area contributed by atoms with Crippen LogP contribution in [0, 0.1) is 0 Å². The van der Waals surface area contributed by atoms with E-state index in [2.05, 4.69) is 16.0 Å². The van der Waals surface area contributed by atoms with Gasteiger partial charge in [-0.25, -0.2) is 0 Å². The van der Waals surface area contributed by atoms with Gasteiger partial charge >= 0.3 is 0 Å². The van der Waals surface area contributed by atoms with E-state index in [0.717, 1.165) is 5.69 Å². The molecule has 3 heterocycles. The second kappa shape index (κ2) is 7.87. The number of nitrogens with zero attached hydrogens (tertiary/aromatic N) is 1. The smallest absolute Gasteiger partial charge is 0.255 e. The lowest BCUT2D eigenvalue weighted by Crippen LogP contribution is -2.58. The van der Waals surface area contributed by atoms with Crippen LogP contribution in [0.1, 0.15) is 36.5 Å². The van der Waals surface area contributed by atoms with Gasteiger partial charge in [0.1, 0.15) is 11.7 Å². The van der Waals surface area contributed by atoms with E-state index in [0.29, 0.717) is 36.5 Å². The monoisotopic (exact) mass is 418 g/mol. The van der Waals surface area contributed by atoms with Gasteiger partial charge in [-0.2, -0.15) is 11.8 Å². The predicted octanol–water partition coefficient (Wildman–Crippen LogP) is 0.532. The average molecular weight is 419 g/mol. The molecule has 1 spiro atoms. The third kappa shape index (κ3) is 3.93. The SMILES string of the molecule is C[C@H](C(=O)N[C@@H]1CSC[C@@H]1O)N1CC[C@]2(CCC1=O)NC(=O)c1ccccc1N2. The van der Waals surface area contributed by atoms with Gasteiger partial charge < -0.3 is 26.0 Å². The molecule has 0 unspecified atom stereocenters. The van der Waals surface area contributed by atoms with E-state index in [4.69, 9.17) is 0 Å². The van der Waals surface area contributed by atoms with Gasteiger partial charge in [0.2, 0.25) is 11.8 Å². The summed E-state index contributed by atoms with van der Waals surface area (Å²) >= 11 is 1.60. The van der Waals surface area contributed by atoms with Crippen LogP contribution >= 0.6 is 11.8 Å². The number of fused-ring (bicyclic) bond motifs is 1. The Labute approximate surface area is 173 Å². The van der Waals surface area contributed by atoms with Crippen molar-refractivity contribution >= 4 is 35.2 Å². The van der Waals surface area contributed by atoms with Gasteiger partial charge in [-0.1, -0.05) is 12.1 Å². The molecule has 0 radical (unpaired) electrons. The largest absolute Gasteiger partial charge is 0.390 e. The Morgan fingerprint density at radius 2 is 2.07 bits per heavy atom. The fraction of sp³-hybridized carbons (Fsp3) is 0.550. The van der Waals surface area contributed by atoms with E-state index in [1.807, 2.05) is 18.2 Å². The van der Waals surface area contributed by atoms with E-state index >= 15 is 0 Å². The van der Waals surface area contributed by atoms with Crippen LogP contribution in [0.5, 0.6) is 0 Å². The minimum atomic E-state index is -0.704. The number of carbonyl (C=O) groups is 3. The van der Waals surface area contributed by atoms with Crippen LogP contribution in [0.2, 0.25) is 0 Å². The van der Waals surface area contributed by atoms with Crippen molar-refractivity contribution in [3.05, 3.63) is 29.8 Å². The lowest BCUT2D eigenvalue weighted by atomic mass is 9.95. The molecule has 2 saturated heterocycles. The number of para-hydroxylation sites is 1. The highest BCUT2D eigenvalue weighted by molar-refractivity contribution is 7.99. The van der Waals surface area contributed by atoms with E-state index in [-0.39, 0.29) is 30.2 Å². The molecule has 156 valence electrons. The molecule has 3 amide bonds. The van der Waals surface area contributed by atoms with E-state index in [1.165, 1.54) is 0 Å². The zero-order valence-corrected chi connectivity index (χ0v) is 17.1. The van der Waals surface area contributed by atoms with Crippen LogP contribution in [0.4, 0.5) is 5.69 Å². The highest BCUT2D eigenvalue weighted by Crippen LogP contribution is 2.32. The number of likely N-dealkylation sites (tertiary alicyclic amines) is 1. The minimum absolute atomic E-state index is 0.110. The number of nitrogens with one attached hydrogen (secondary N) is 3. The van der Waals surface area contributed by atoms with Gasteiger partial charge in [0, 0.05) is 36.6 Å². The molecule has 0 aliphatic carbocycles. The Morgan fingerprint density at radius 3 is 2.83 bits per heavy atom. The third-order valence-electron chi connectivity index (χ3n) is 5.99. The lowest BCUT2D eigenvalue weighted by molar-refractivity contribution is -0.139. The molecule has 4 N–H and O–H groups in total. The summed E-state index contributed by atoms with van der Waals surface area (Å²) in [5, 5.41) is 19.2. The maximum absolute atomic E-state index is 12.8. The normalized spacial score (nSPS) is 30.2. The van der Waals surface area contributed by atoms with Gasteiger partial charge in [0.25, 0.3) is 5.91 Å². The van der Waals surface area contributed by atoms with Crippen LogP contribution in [-0.2, 0) is 9.59 Å². The first-order valence-corrected chi connectivity index (χ1v) is 11.1. The van der Waals surface area contributed by atoms with Crippen LogP contribution in [0.15, 0.2) is 24.3 Å². The highest BCUT2D eigenvalue weighted by Gasteiger charge is 2.42. The molecular weight excluding hydrogens is 392 g/mol. The van der Waals surface area contributed by atoms with Crippen molar-refractivity contribution in [2.45, 2.75) is 50.0 Å². The summed E-state index contributed by atoms with van der Waals surface area (Å²) in [6, 6.07) is 6.40. The van der Waals surface area contributed by atoms with Crippen LogP contribution in [0.3, 0.4) is 0 Å². The van der Waals surface area contributed by atoms with Crippen LogP contribution in [0.25, 0.3) is 0 Å². The number of amides is 3. The molecule has 4 atom stereocenters. The summed E-state index contributed by atoms with van der Waals surface area (Å²) in [7, 11) is 0. The Balaban J connectivity index is 1.45. The molecule has 9 heteroatoms. The maximum atomic E-state index is 12.8. The van der Waals surface area contributed by atoms with Crippen molar-refractivity contribution in [3.8, 4) is 0 Å². The van der Waals surface area contributed by atoms with Gasteiger partial charge in [-0.15, -0.1) is 0 Å². The molecule has 1 aromatic carbocycles. The lowest BCUT2D eigenvalue weighted by Gasteiger charge is -2.40. The molecular formula is C20H26N4O4S. The number of thioether (sulfide) groups is 1. The number of benzene rings is 1. The Kier molecular flexibility index (Phi) is 5.44. The predicted molar refractivity (Wildman–Crippen MR) is 111 cm³/mol. The first-order chi connectivity index (χ1) is 13.9. The summed E-state index contributed by atoms with van der Waals surface area (Å²) < 4.78 is 0. The molecule has 0 aromatic heterocycles. The number of rotatable bonds is 3. The first kappa shape index (κ1) is 20.0. The maximum Gasteiger partial charge on any atom is 0.255 e. The molecule has 4 rings (SSSR count). The molecule has 29 heavy (non-hydrogen) atoms.